The summed E-state index contributed by atoms with van der Waals surface area (Å²) < 4.78 is 49.6. The number of aromatic nitrogens is 3. The largest absolute Gasteiger partial charge is 0.416 e. The number of aryl methyl sites for hydroxylation is 1. The molecule has 0 radical (unpaired) electrons. The topological polar surface area (TPSA) is 58.2 Å². The minimum Gasteiger partial charge on any atom is -0.365 e. The molecule has 4 aromatic rings. The smallest absolute Gasteiger partial charge is 0.365 e. The van der Waals surface area contributed by atoms with Crippen molar-refractivity contribution in [3.63, 3.8) is 0 Å². The third kappa shape index (κ3) is 3.22. The highest BCUT2D eigenvalue weighted by molar-refractivity contribution is 5.96. The van der Waals surface area contributed by atoms with E-state index in [1.54, 1.807) is 7.05 Å². The Morgan fingerprint density at radius 3 is 2.24 bits per heavy atom. The Morgan fingerprint density at radius 1 is 0.939 bits per heavy atom. The fourth-order valence-electron chi connectivity index (χ4n) is 4.58. The van der Waals surface area contributed by atoms with Gasteiger partial charge in [-0.3, -0.25) is 13.9 Å². The van der Waals surface area contributed by atoms with Crippen LogP contribution in [0.3, 0.4) is 0 Å². The molecule has 9 heteroatoms. The van der Waals surface area contributed by atoms with Gasteiger partial charge in [0, 0.05) is 20.6 Å². The molecule has 0 fully saturated rings. The number of rotatable bonds is 2. The summed E-state index contributed by atoms with van der Waals surface area (Å²) in [5.41, 5.74) is 1.30. The lowest BCUT2D eigenvalue weighted by Crippen LogP contribution is -2.37. The lowest BCUT2D eigenvalue weighted by Gasteiger charge is -2.28. The number of hydrogen-bond donors (Lipinski definition) is 0. The third-order valence-corrected chi connectivity index (χ3v) is 6.14. The van der Waals surface area contributed by atoms with Crippen molar-refractivity contribution in [3.05, 3.63) is 92.3 Å². The first-order valence-electron chi connectivity index (χ1n) is 10.4. The predicted molar refractivity (Wildman–Crippen MR) is 117 cm³/mol. The van der Waals surface area contributed by atoms with Gasteiger partial charge in [-0.1, -0.05) is 42.5 Å². The van der Waals surface area contributed by atoms with Crippen molar-refractivity contribution in [1.82, 2.24) is 13.7 Å². The summed E-state index contributed by atoms with van der Waals surface area (Å²) >= 11 is 0. The summed E-state index contributed by atoms with van der Waals surface area (Å²) in [5.74, 6) is 0. The molecule has 33 heavy (non-hydrogen) atoms. The van der Waals surface area contributed by atoms with Crippen LogP contribution in [0.1, 0.15) is 22.9 Å². The maximum atomic E-state index is 13.3. The number of hydrogen-bond acceptors (Lipinski definition) is 3. The molecule has 0 bridgehead atoms. The van der Waals surface area contributed by atoms with E-state index >= 15 is 0 Å². The summed E-state index contributed by atoms with van der Waals surface area (Å²) in [6.45, 7) is 0.733. The molecule has 6 nitrogen and oxygen atoms in total. The van der Waals surface area contributed by atoms with E-state index < -0.39 is 29.1 Å². The molecule has 0 aliphatic carbocycles. The van der Waals surface area contributed by atoms with E-state index in [0.29, 0.717) is 41.0 Å². The highest BCUT2D eigenvalue weighted by Crippen LogP contribution is 2.41. The van der Waals surface area contributed by atoms with Crippen molar-refractivity contribution in [1.29, 1.82) is 0 Å². The summed E-state index contributed by atoms with van der Waals surface area (Å²) in [6.07, 6.45) is -5.19. The molecule has 1 atom stereocenters. The van der Waals surface area contributed by atoms with Crippen LogP contribution in [0.15, 0.2) is 64.2 Å². The van der Waals surface area contributed by atoms with E-state index in [2.05, 4.69) is 0 Å². The van der Waals surface area contributed by atoms with Crippen molar-refractivity contribution in [2.24, 2.45) is 14.1 Å². The summed E-state index contributed by atoms with van der Waals surface area (Å²) in [6, 6.07) is 14.1. The molecule has 170 valence electrons. The lowest BCUT2D eigenvalue weighted by molar-refractivity contribution is -0.137. The second-order valence-corrected chi connectivity index (χ2v) is 8.05. The molecule has 1 aliphatic heterocycles. The van der Waals surface area contributed by atoms with Crippen LogP contribution >= 0.6 is 0 Å². The fraction of sp³-hybridized carbons (Fsp3) is 0.250. The molecule has 1 aliphatic rings. The van der Waals surface area contributed by atoms with Gasteiger partial charge in [-0.25, -0.2) is 4.79 Å². The summed E-state index contributed by atoms with van der Waals surface area (Å²) in [7, 11) is 3.01. The van der Waals surface area contributed by atoms with Crippen LogP contribution in [0.4, 0.5) is 13.2 Å². The molecule has 0 spiro atoms. The number of ether oxygens (including phenoxy) is 1. The predicted octanol–water partition coefficient (Wildman–Crippen LogP) is 3.84. The van der Waals surface area contributed by atoms with Crippen molar-refractivity contribution in [2.45, 2.75) is 18.8 Å². The number of halogens is 3. The van der Waals surface area contributed by atoms with Gasteiger partial charge in [0.25, 0.3) is 5.56 Å². The van der Waals surface area contributed by atoms with Crippen LogP contribution in [0.25, 0.3) is 22.2 Å². The normalized spacial score (nSPS) is 16.2. The van der Waals surface area contributed by atoms with Crippen LogP contribution in [0.5, 0.6) is 0 Å². The van der Waals surface area contributed by atoms with E-state index in [4.69, 9.17) is 4.74 Å². The van der Waals surface area contributed by atoms with E-state index in [-0.39, 0.29) is 0 Å². The Bertz CT molecular complexity index is 1480. The number of alkyl halides is 3. The van der Waals surface area contributed by atoms with E-state index in [9.17, 15) is 22.8 Å². The van der Waals surface area contributed by atoms with Crippen molar-refractivity contribution < 1.29 is 17.9 Å². The summed E-state index contributed by atoms with van der Waals surface area (Å²) in [4.78, 5) is 26.1. The monoisotopic (exact) mass is 455 g/mol. The van der Waals surface area contributed by atoms with Gasteiger partial charge < -0.3 is 9.30 Å². The van der Waals surface area contributed by atoms with E-state index in [1.165, 1.54) is 23.7 Å². The van der Waals surface area contributed by atoms with Gasteiger partial charge >= 0.3 is 11.9 Å². The minimum atomic E-state index is -4.45. The zero-order valence-corrected chi connectivity index (χ0v) is 17.9. The molecule has 0 saturated carbocycles. The lowest BCUT2D eigenvalue weighted by atomic mass is 10.0. The van der Waals surface area contributed by atoms with Crippen LogP contribution in [-0.4, -0.2) is 20.3 Å². The van der Waals surface area contributed by atoms with E-state index in [1.807, 2.05) is 34.9 Å². The van der Waals surface area contributed by atoms with Gasteiger partial charge in [0.05, 0.1) is 34.5 Å². The zero-order chi connectivity index (χ0) is 23.5. The highest BCUT2D eigenvalue weighted by Gasteiger charge is 2.34. The van der Waals surface area contributed by atoms with Gasteiger partial charge in [-0.2, -0.15) is 13.2 Å². The van der Waals surface area contributed by atoms with Crippen molar-refractivity contribution in [2.75, 3.05) is 6.61 Å². The Hall–Kier alpha value is -3.59. The molecule has 0 amide bonds. The first-order valence-corrected chi connectivity index (χ1v) is 10.4. The van der Waals surface area contributed by atoms with Crippen molar-refractivity contribution >= 4 is 10.9 Å². The third-order valence-electron chi connectivity index (χ3n) is 6.14. The number of benzene rings is 2. The SMILES string of the molecule is Cn1c(=O)c2c(-c3ccccc3)n3c(c2n(C)c1=O)C(c1ccc(C(F)(F)F)cc1)OCC3. The standard InChI is InChI=1S/C24H20F3N3O3/c1-28-19-17(22(31)29(2)23(28)32)18(14-6-4-3-5-7-14)30-12-13-33-21(20(19)30)15-8-10-16(11-9-15)24(25,26)27/h3-11,21H,12-13H2,1-2H3. The van der Waals surface area contributed by atoms with Crippen LogP contribution < -0.4 is 11.2 Å². The van der Waals surface area contributed by atoms with Gasteiger partial charge in [-0.05, 0) is 23.3 Å². The Labute approximate surface area is 186 Å². The molecular formula is C24H20F3N3O3. The minimum absolute atomic E-state index is 0.299. The first kappa shape index (κ1) is 21.3. The molecule has 0 saturated heterocycles. The molecule has 2 aromatic carbocycles. The average Bonchev–Trinajstić information content (AvgIpc) is 3.17. The Morgan fingerprint density at radius 2 is 1.61 bits per heavy atom. The second-order valence-electron chi connectivity index (χ2n) is 8.05. The van der Waals surface area contributed by atoms with Crippen molar-refractivity contribution in [3.8, 4) is 11.3 Å². The Balaban J connectivity index is 1.85. The van der Waals surface area contributed by atoms with E-state index in [0.717, 1.165) is 22.3 Å². The second kappa shape index (κ2) is 7.48. The van der Waals surface area contributed by atoms with Crippen LogP contribution in [0, 0.1) is 0 Å². The quantitative estimate of drug-likeness (QED) is 0.462. The molecule has 5 rings (SSSR count). The molecule has 3 heterocycles. The molecular weight excluding hydrogens is 435 g/mol. The van der Waals surface area contributed by atoms with Crippen LogP contribution in [-0.2, 0) is 31.6 Å². The van der Waals surface area contributed by atoms with Crippen LogP contribution in [0.2, 0.25) is 0 Å². The van der Waals surface area contributed by atoms with Gasteiger partial charge in [0.1, 0.15) is 6.10 Å². The zero-order valence-electron chi connectivity index (χ0n) is 17.9. The molecule has 0 N–H and O–H groups in total. The summed E-state index contributed by atoms with van der Waals surface area (Å²) in [5, 5.41) is 0.378. The fourth-order valence-corrected chi connectivity index (χ4v) is 4.58. The maximum Gasteiger partial charge on any atom is 0.416 e. The van der Waals surface area contributed by atoms with Gasteiger partial charge in [0.2, 0.25) is 0 Å². The Kier molecular flexibility index (Phi) is 4.82. The van der Waals surface area contributed by atoms with Gasteiger partial charge in [0.15, 0.2) is 0 Å². The average molecular weight is 455 g/mol. The highest BCUT2D eigenvalue weighted by atomic mass is 19.4. The number of nitrogens with zero attached hydrogens (tertiary/aromatic N) is 3. The maximum absolute atomic E-state index is 13.3. The molecule has 2 aromatic heterocycles. The van der Waals surface area contributed by atoms with Gasteiger partial charge in [-0.15, -0.1) is 0 Å². The molecule has 1 unspecified atom stereocenters. The first-order chi connectivity index (χ1) is 15.7. The number of fused-ring (bicyclic) bond motifs is 3.